The standard InChI is InChI=1S/C9H13BrN2O2S/c1-14-3-2-11-9(13)12-5-8-4-7(10)6-15-8/h4,6H,2-3,5H2,1H3,(H2,11,12,13). The number of nitrogens with one attached hydrogen (secondary N) is 2. The highest BCUT2D eigenvalue weighted by Crippen LogP contribution is 2.19. The Labute approximate surface area is 101 Å². The fraction of sp³-hybridized carbons (Fsp3) is 0.444. The van der Waals surface area contributed by atoms with E-state index in [9.17, 15) is 4.79 Å². The molecule has 6 heteroatoms. The zero-order chi connectivity index (χ0) is 11.1. The number of methoxy groups -OCH3 is 1. The van der Waals surface area contributed by atoms with Crippen molar-refractivity contribution in [3.05, 3.63) is 20.8 Å². The highest BCUT2D eigenvalue weighted by Gasteiger charge is 2.01. The van der Waals surface area contributed by atoms with Crippen LogP contribution in [0.1, 0.15) is 4.88 Å². The Balaban J connectivity index is 2.16. The Morgan fingerprint density at radius 1 is 1.60 bits per heavy atom. The van der Waals surface area contributed by atoms with Crippen LogP contribution in [0.4, 0.5) is 4.79 Å². The predicted octanol–water partition coefficient (Wildman–Crippen LogP) is 1.96. The fourth-order valence-corrected chi connectivity index (χ4v) is 2.33. The molecular weight excluding hydrogens is 280 g/mol. The van der Waals surface area contributed by atoms with Crippen molar-refractivity contribution in [1.29, 1.82) is 0 Å². The Morgan fingerprint density at radius 3 is 3.00 bits per heavy atom. The maximum atomic E-state index is 11.2. The van der Waals surface area contributed by atoms with Crippen LogP contribution >= 0.6 is 27.3 Å². The van der Waals surface area contributed by atoms with E-state index in [1.807, 2.05) is 11.4 Å². The first-order valence-electron chi connectivity index (χ1n) is 4.46. The molecule has 0 saturated carbocycles. The molecule has 0 aliphatic carbocycles. The number of hydrogen-bond donors (Lipinski definition) is 2. The van der Waals surface area contributed by atoms with Crippen molar-refractivity contribution in [3.63, 3.8) is 0 Å². The average Bonchev–Trinajstić information content (AvgIpc) is 2.62. The third-order valence-corrected chi connectivity index (χ3v) is 3.33. The number of carbonyl (C=O) groups is 1. The van der Waals surface area contributed by atoms with E-state index in [0.29, 0.717) is 19.7 Å². The van der Waals surface area contributed by atoms with E-state index in [1.54, 1.807) is 18.4 Å². The molecule has 1 heterocycles. The van der Waals surface area contributed by atoms with Gasteiger partial charge in [-0.25, -0.2) is 4.79 Å². The first-order valence-corrected chi connectivity index (χ1v) is 6.13. The number of amides is 2. The second-order valence-corrected chi connectivity index (χ2v) is 4.74. The van der Waals surface area contributed by atoms with Crippen molar-refractivity contribution >= 4 is 33.3 Å². The lowest BCUT2D eigenvalue weighted by molar-refractivity contribution is 0.196. The van der Waals surface area contributed by atoms with Crippen molar-refractivity contribution < 1.29 is 9.53 Å². The van der Waals surface area contributed by atoms with Crippen molar-refractivity contribution in [2.45, 2.75) is 6.54 Å². The number of ether oxygens (including phenoxy) is 1. The smallest absolute Gasteiger partial charge is 0.315 e. The number of rotatable bonds is 5. The van der Waals surface area contributed by atoms with E-state index in [-0.39, 0.29) is 6.03 Å². The van der Waals surface area contributed by atoms with Gasteiger partial charge in [-0.3, -0.25) is 0 Å². The summed E-state index contributed by atoms with van der Waals surface area (Å²) in [6, 6.07) is 1.82. The summed E-state index contributed by atoms with van der Waals surface area (Å²) in [5.74, 6) is 0. The molecular formula is C9H13BrN2O2S. The van der Waals surface area contributed by atoms with Gasteiger partial charge in [-0.1, -0.05) is 0 Å². The Kier molecular flexibility index (Phi) is 5.67. The van der Waals surface area contributed by atoms with Gasteiger partial charge in [0.05, 0.1) is 13.2 Å². The fourth-order valence-electron chi connectivity index (χ4n) is 0.943. The van der Waals surface area contributed by atoms with Gasteiger partial charge >= 0.3 is 6.03 Å². The summed E-state index contributed by atoms with van der Waals surface area (Å²) in [6.45, 7) is 1.60. The van der Waals surface area contributed by atoms with Gasteiger partial charge < -0.3 is 15.4 Å². The lowest BCUT2D eigenvalue weighted by atomic mass is 10.5. The van der Waals surface area contributed by atoms with Crippen LogP contribution in [-0.2, 0) is 11.3 Å². The molecule has 4 nitrogen and oxygen atoms in total. The van der Waals surface area contributed by atoms with Crippen molar-refractivity contribution in [2.75, 3.05) is 20.3 Å². The van der Waals surface area contributed by atoms with Gasteiger partial charge in [-0.05, 0) is 22.0 Å². The molecule has 0 aliphatic heterocycles. The minimum atomic E-state index is -0.170. The van der Waals surface area contributed by atoms with E-state index in [4.69, 9.17) is 4.74 Å². The van der Waals surface area contributed by atoms with Crippen LogP contribution in [0.2, 0.25) is 0 Å². The molecule has 0 aliphatic rings. The van der Waals surface area contributed by atoms with Gasteiger partial charge in [-0.2, -0.15) is 0 Å². The molecule has 2 amide bonds. The van der Waals surface area contributed by atoms with Crippen LogP contribution in [0.5, 0.6) is 0 Å². The molecule has 1 rings (SSSR count). The highest BCUT2D eigenvalue weighted by molar-refractivity contribution is 9.10. The third-order valence-electron chi connectivity index (χ3n) is 1.64. The van der Waals surface area contributed by atoms with Gasteiger partial charge in [0.1, 0.15) is 0 Å². The van der Waals surface area contributed by atoms with Crippen molar-refractivity contribution in [1.82, 2.24) is 10.6 Å². The zero-order valence-corrected chi connectivity index (χ0v) is 10.8. The minimum absolute atomic E-state index is 0.170. The molecule has 84 valence electrons. The monoisotopic (exact) mass is 292 g/mol. The number of halogens is 1. The molecule has 0 fully saturated rings. The van der Waals surface area contributed by atoms with E-state index in [0.717, 1.165) is 9.35 Å². The third kappa shape index (κ3) is 5.15. The van der Waals surface area contributed by atoms with Crippen molar-refractivity contribution in [2.24, 2.45) is 0 Å². The molecule has 0 atom stereocenters. The molecule has 0 saturated heterocycles. The molecule has 0 aromatic carbocycles. The molecule has 0 spiro atoms. The lowest BCUT2D eigenvalue weighted by Gasteiger charge is -2.05. The summed E-state index contributed by atoms with van der Waals surface area (Å²) in [4.78, 5) is 12.3. The molecule has 1 aromatic rings. The molecule has 0 bridgehead atoms. The van der Waals surface area contributed by atoms with Crippen LogP contribution in [0, 0.1) is 0 Å². The van der Waals surface area contributed by atoms with Crippen LogP contribution in [0.15, 0.2) is 15.9 Å². The van der Waals surface area contributed by atoms with Crippen LogP contribution in [0.25, 0.3) is 0 Å². The van der Waals surface area contributed by atoms with Gasteiger partial charge in [-0.15, -0.1) is 11.3 Å². The van der Waals surface area contributed by atoms with E-state index >= 15 is 0 Å². The first kappa shape index (κ1) is 12.5. The molecule has 1 aromatic heterocycles. The number of hydrogen-bond acceptors (Lipinski definition) is 3. The normalized spacial score (nSPS) is 10.0. The first-order chi connectivity index (χ1) is 7.22. The molecule has 2 N–H and O–H groups in total. The Morgan fingerprint density at radius 2 is 2.40 bits per heavy atom. The summed E-state index contributed by atoms with van der Waals surface area (Å²) in [5.41, 5.74) is 0. The highest BCUT2D eigenvalue weighted by atomic mass is 79.9. The van der Waals surface area contributed by atoms with Gasteiger partial charge in [0.15, 0.2) is 0 Å². The summed E-state index contributed by atoms with van der Waals surface area (Å²) in [5, 5.41) is 7.42. The number of carbonyl (C=O) groups excluding carboxylic acids is 1. The van der Waals surface area contributed by atoms with Crippen LogP contribution < -0.4 is 10.6 Å². The zero-order valence-electron chi connectivity index (χ0n) is 8.38. The molecule has 0 unspecified atom stereocenters. The summed E-state index contributed by atoms with van der Waals surface area (Å²) < 4.78 is 5.86. The quantitative estimate of drug-likeness (QED) is 0.815. The predicted molar refractivity (Wildman–Crippen MR) is 64.1 cm³/mol. The second kappa shape index (κ2) is 6.81. The average molecular weight is 293 g/mol. The Bertz CT molecular complexity index is 317. The molecule has 0 radical (unpaired) electrons. The van der Waals surface area contributed by atoms with E-state index in [2.05, 4.69) is 26.6 Å². The summed E-state index contributed by atoms with van der Waals surface area (Å²) >= 11 is 4.96. The largest absolute Gasteiger partial charge is 0.383 e. The topological polar surface area (TPSA) is 50.4 Å². The summed E-state index contributed by atoms with van der Waals surface area (Å²) in [7, 11) is 1.60. The van der Waals surface area contributed by atoms with E-state index in [1.165, 1.54) is 0 Å². The summed E-state index contributed by atoms with van der Waals surface area (Å²) in [6.07, 6.45) is 0. The van der Waals surface area contributed by atoms with Gasteiger partial charge in [0, 0.05) is 28.4 Å². The van der Waals surface area contributed by atoms with Crippen molar-refractivity contribution in [3.8, 4) is 0 Å². The van der Waals surface area contributed by atoms with Crippen LogP contribution in [-0.4, -0.2) is 26.3 Å². The van der Waals surface area contributed by atoms with Crippen LogP contribution in [0.3, 0.4) is 0 Å². The maximum Gasteiger partial charge on any atom is 0.315 e. The second-order valence-electron chi connectivity index (χ2n) is 2.83. The maximum absolute atomic E-state index is 11.2. The number of urea groups is 1. The van der Waals surface area contributed by atoms with Gasteiger partial charge in [0.2, 0.25) is 0 Å². The minimum Gasteiger partial charge on any atom is -0.383 e. The van der Waals surface area contributed by atoms with Gasteiger partial charge in [0.25, 0.3) is 0 Å². The molecule has 15 heavy (non-hydrogen) atoms. The lowest BCUT2D eigenvalue weighted by Crippen LogP contribution is -2.36. The number of thiophene rings is 1. The Hall–Kier alpha value is -0.590. The SMILES string of the molecule is COCCNC(=O)NCc1cc(Br)cs1. The van der Waals surface area contributed by atoms with E-state index < -0.39 is 0 Å².